The molecule has 0 fully saturated rings. The molecular weight excluding hydrogens is 164 g/mol. The van der Waals surface area contributed by atoms with E-state index in [4.69, 9.17) is 9.15 Å². The maximum absolute atomic E-state index is 5.52. The average molecular weight is 176 g/mol. The number of methoxy groups -OCH3 is 1. The zero-order valence-corrected chi connectivity index (χ0v) is 7.83. The molecule has 1 heterocycles. The summed E-state index contributed by atoms with van der Waals surface area (Å²) in [5.41, 5.74) is 2.05. The summed E-state index contributed by atoms with van der Waals surface area (Å²) in [6.07, 6.45) is 0.931. The van der Waals surface area contributed by atoms with Crippen LogP contribution in [0.1, 0.15) is 12.5 Å². The second kappa shape index (κ2) is 3.13. The molecule has 1 aromatic carbocycles. The summed E-state index contributed by atoms with van der Waals surface area (Å²) < 4.78 is 10.7. The fourth-order valence-corrected chi connectivity index (χ4v) is 1.58. The number of fused-ring (bicyclic) bond motifs is 1. The van der Waals surface area contributed by atoms with Gasteiger partial charge in [0.15, 0.2) is 0 Å². The van der Waals surface area contributed by atoms with Gasteiger partial charge in [-0.25, -0.2) is 0 Å². The molecule has 0 aliphatic heterocycles. The van der Waals surface area contributed by atoms with E-state index in [0.717, 1.165) is 23.0 Å². The zero-order chi connectivity index (χ0) is 9.26. The zero-order valence-electron chi connectivity index (χ0n) is 7.83. The summed E-state index contributed by atoms with van der Waals surface area (Å²) in [5.74, 6) is 0.642. The summed E-state index contributed by atoms with van der Waals surface area (Å²) in [4.78, 5) is 0. The molecule has 0 N–H and O–H groups in total. The van der Waals surface area contributed by atoms with Crippen LogP contribution in [0.3, 0.4) is 0 Å². The maximum atomic E-state index is 5.52. The predicted octanol–water partition coefficient (Wildman–Crippen LogP) is 3.00. The lowest BCUT2D eigenvalue weighted by Crippen LogP contribution is -1.84. The summed E-state index contributed by atoms with van der Waals surface area (Å²) >= 11 is 0. The summed E-state index contributed by atoms with van der Waals surface area (Å²) in [7, 11) is 1.64. The Morgan fingerprint density at radius 1 is 1.31 bits per heavy atom. The number of ether oxygens (including phenoxy) is 1. The SMILES string of the molecule is CCc1c(OC)oc2ccccc12. The van der Waals surface area contributed by atoms with Crippen LogP contribution in [0.15, 0.2) is 28.7 Å². The third-order valence-electron chi connectivity index (χ3n) is 2.20. The normalized spacial score (nSPS) is 10.6. The molecule has 0 unspecified atom stereocenters. The monoisotopic (exact) mass is 176 g/mol. The van der Waals surface area contributed by atoms with E-state index in [0.29, 0.717) is 5.95 Å². The van der Waals surface area contributed by atoms with Gasteiger partial charge in [0, 0.05) is 10.9 Å². The highest BCUT2D eigenvalue weighted by molar-refractivity contribution is 5.83. The molecule has 0 bridgehead atoms. The molecule has 0 aliphatic carbocycles. The van der Waals surface area contributed by atoms with Gasteiger partial charge < -0.3 is 9.15 Å². The van der Waals surface area contributed by atoms with Crippen molar-refractivity contribution in [2.45, 2.75) is 13.3 Å². The predicted molar refractivity (Wildman–Crippen MR) is 52.1 cm³/mol. The quantitative estimate of drug-likeness (QED) is 0.701. The molecule has 2 heteroatoms. The molecule has 1 aromatic heterocycles. The van der Waals surface area contributed by atoms with Crippen LogP contribution in [-0.4, -0.2) is 7.11 Å². The standard InChI is InChI=1S/C11H12O2/c1-3-8-9-6-4-5-7-10(9)13-11(8)12-2/h4-7H,3H2,1-2H3. The van der Waals surface area contributed by atoms with Gasteiger partial charge in [-0.2, -0.15) is 0 Å². The molecule has 0 aliphatic rings. The average Bonchev–Trinajstić information content (AvgIpc) is 2.55. The minimum Gasteiger partial charge on any atom is -0.468 e. The largest absolute Gasteiger partial charge is 0.468 e. The first-order valence-electron chi connectivity index (χ1n) is 4.41. The highest BCUT2D eigenvalue weighted by atomic mass is 16.6. The van der Waals surface area contributed by atoms with E-state index in [-0.39, 0.29) is 0 Å². The van der Waals surface area contributed by atoms with E-state index in [1.807, 2.05) is 18.2 Å². The number of furan rings is 1. The Morgan fingerprint density at radius 3 is 2.77 bits per heavy atom. The van der Waals surface area contributed by atoms with Crippen molar-refractivity contribution in [2.75, 3.05) is 7.11 Å². The molecule has 0 saturated heterocycles. The van der Waals surface area contributed by atoms with Crippen LogP contribution >= 0.6 is 0 Å². The van der Waals surface area contributed by atoms with Gasteiger partial charge in [0.25, 0.3) is 5.95 Å². The molecule has 0 radical (unpaired) electrons. The number of aryl methyl sites for hydroxylation is 1. The first kappa shape index (κ1) is 8.17. The van der Waals surface area contributed by atoms with Gasteiger partial charge in [0.05, 0.1) is 7.11 Å². The topological polar surface area (TPSA) is 22.4 Å². The molecule has 0 amide bonds. The van der Waals surface area contributed by atoms with Crippen molar-refractivity contribution in [1.82, 2.24) is 0 Å². The lowest BCUT2D eigenvalue weighted by molar-refractivity contribution is 0.311. The Balaban J connectivity index is 2.73. The van der Waals surface area contributed by atoms with Gasteiger partial charge in [-0.05, 0) is 12.5 Å². The molecule has 2 rings (SSSR count). The van der Waals surface area contributed by atoms with Gasteiger partial charge in [0.2, 0.25) is 0 Å². The first-order valence-corrected chi connectivity index (χ1v) is 4.41. The Hall–Kier alpha value is -1.44. The molecule has 68 valence electrons. The van der Waals surface area contributed by atoms with E-state index < -0.39 is 0 Å². The minimum atomic E-state index is 0.642. The molecule has 0 atom stereocenters. The van der Waals surface area contributed by atoms with Gasteiger partial charge >= 0.3 is 0 Å². The van der Waals surface area contributed by atoms with Crippen molar-refractivity contribution in [1.29, 1.82) is 0 Å². The fourth-order valence-electron chi connectivity index (χ4n) is 1.58. The molecule has 2 nitrogen and oxygen atoms in total. The third-order valence-corrected chi connectivity index (χ3v) is 2.20. The van der Waals surface area contributed by atoms with Crippen LogP contribution in [0, 0.1) is 0 Å². The van der Waals surface area contributed by atoms with Gasteiger partial charge in [-0.15, -0.1) is 0 Å². The second-order valence-corrected chi connectivity index (χ2v) is 2.92. The van der Waals surface area contributed by atoms with Crippen LogP contribution in [0.25, 0.3) is 11.0 Å². The van der Waals surface area contributed by atoms with Crippen molar-refractivity contribution >= 4 is 11.0 Å². The van der Waals surface area contributed by atoms with Crippen molar-refractivity contribution in [2.24, 2.45) is 0 Å². The summed E-state index contributed by atoms with van der Waals surface area (Å²) in [5, 5.41) is 1.15. The lowest BCUT2D eigenvalue weighted by atomic mass is 10.1. The summed E-state index contributed by atoms with van der Waals surface area (Å²) in [6.45, 7) is 2.10. The highest BCUT2D eigenvalue weighted by Crippen LogP contribution is 2.31. The van der Waals surface area contributed by atoms with E-state index in [2.05, 4.69) is 13.0 Å². The highest BCUT2D eigenvalue weighted by Gasteiger charge is 2.11. The lowest BCUT2D eigenvalue weighted by Gasteiger charge is -1.95. The smallest absolute Gasteiger partial charge is 0.288 e. The van der Waals surface area contributed by atoms with Crippen LogP contribution in [0.5, 0.6) is 5.95 Å². The third kappa shape index (κ3) is 1.18. The van der Waals surface area contributed by atoms with E-state index in [1.165, 1.54) is 0 Å². The van der Waals surface area contributed by atoms with Crippen molar-refractivity contribution < 1.29 is 9.15 Å². The number of hydrogen-bond acceptors (Lipinski definition) is 2. The number of benzene rings is 1. The Morgan fingerprint density at radius 2 is 2.08 bits per heavy atom. The maximum Gasteiger partial charge on any atom is 0.288 e. The molecule has 0 spiro atoms. The van der Waals surface area contributed by atoms with Gasteiger partial charge in [-0.3, -0.25) is 0 Å². The van der Waals surface area contributed by atoms with E-state index in [9.17, 15) is 0 Å². The van der Waals surface area contributed by atoms with Crippen LogP contribution in [0.2, 0.25) is 0 Å². The molecule has 13 heavy (non-hydrogen) atoms. The molecule has 2 aromatic rings. The summed E-state index contributed by atoms with van der Waals surface area (Å²) in [6, 6.07) is 7.98. The van der Waals surface area contributed by atoms with Crippen LogP contribution in [-0.2, 0) is 6.42 Å². The molecule has 0 saturated carbocycles. The Labute approximate surface area is 77.1 Å². The van der Waals surface area contributed by atoms with Crippen LogP contribution in [0.4, 0.5) is 0 Å². The molecular formula is C11H12O2. The Kier molecular flexibility index (Phi) is 1.97. The minimum absolute atomic E-state index is 0.642. The van der Waals surface area contributed by atoms with Crippen molar-refractivity contribution in [3.8, 4) is 5.95 Å². The fraction of sp³-hybridized carbons (Fsp3) is 0.273. The second-order valence-electron chi connectivity index (χ2n) is 2.92. The number of hydrogen-bond donors (Lipinski definition) is 0. The van der Waals surface area contributed by atoms with Gasteiger partial charge in [-0.1, -0.05) is 25.1 Å². The number of rotatable bonds is 2. The van der Waals surface area contributed by atoms with Crippen molar-refractivity contribution in [3.05, 3.63) is 29.8 Å². The van der Waals surface area contributed by atoms with Crippen LogP contribution < -0.4 is 4.74 Å². The van der Waals surface area contributed by atoms with E-state index in [1.54, 1.807) is 7.11 Å². The number of para-hydroxylation sites is 1. The first-order chi connectivity index (χ1) is 6.36. The van der Waals surface area contributed by atoms with E-state index >= 15 is 0 Å². The van der Waals surface area contributed by atoms with Gasteiger partial charge in [0.1, 0.15) is 5.58 Å². The van der Waals surface area contributed by atoms with Crippen molar-refractivity contribution in [3.63, 3.8) is 0 Å². The Bertz CT molecular complexity index is 415.